The number of rotatable bonds is 9. The number of carboxylic acids is 1. The summed E-state index contributed by atoms with van der Waals surface area (Å²) in [6, 6.07) is 8.94. The summed E-state index contributed by atoms with van der Waals surface area (Å²) in [4.78, 5) is 37.5. The van der Waals surface area contributed by atoms with Crippen molar-refractivity contribution in [3.63, 3.8) is 0 Å². The molecule has 0 spiro atoms. The Morgan fingerprint density at radius 1 is 1.27 bits per heavy atom. The lowest BCUT2D eigenvalue weighted by Gasteiger charge is -2.26. The van der Waals surface area contributed by atoms with E-state index in [4.69, 9.17) is 5.11 Å². The van der Waals surface area contributed by atoms with E-state index >= 15 is 0 Å². The predicted octanol–water partition coefficient (Wildman–Crippen LogP) is 2.28. The zero-order valence-electron chi connectivity index (χ0n) is 15.0. The molecule has 26 heavy (non-hydrogen) atoms. The second-order valence-electron chi connectivity index (χ2n) is 6.46. The molecule has 0 aliphatic carbocycles. The lowest BCUT2D eigenvalue weighted by atomic mass is 10.0. The quantitative estimate of drug-likeness (QED) is 0.688. The van der Waals surface area contributed by atoms with Gasteiger partial charge in [-0.2, -0.15) is 0 Å². The molecule has 2 rings (SSSR count). The van der Waals surface area contributed by atoms with E-state index in [1.807, 2.05) is 37.3 Å². The highest BCUT2D eigenvalue weighted by Crippen LogP contribution is 2.22. The average molecular weight is 378 g/mol. The number of carbonyl (C=O) groups is 3. The van der Waals surface area contributed by atoms with Crippen LogP contribution in [0.5, 0.6) is 0 Å². The van der Waals surface area contributed by atoms with Crippen LogP contribution in [-0.4, -0.2) is 51.5 Å². The molecule has 1 fully saturated rings. The SMILES string of the molecule is CCCC(=O)N1CSCC1C(=O)NC(CCC(=O)O)Cc1ccccc1. The summed E-state index contributed by atoms with van der Waals surface area (Å²) < 4.78 is 0. The van der Waals surface area contributed by atoms with Gasteiger partial charge in [-0.1, -0.05) is 37.3 Å². The van der Waals surface area contributed by atoms with Gasteiger partial charge in [0.15, 0.2) is 0 Å². The molecule has 142 valence electrons. The Labute approximate surface area is 158 Å². The predicted molar refractivity (Wildman–Crippen MR) is 102 cm³/mol. The lowest BCUT2D eigenvalue weighted by Crippen LogP contribution is -2.50. The summed E-state index contributed by atoms with van der Waals surface area (Å²) in [7, 11) is 0. The van der Waals surface area contributed by atoms with Crippen molar-refractivity contribution in [2.75, 3.05) is 11.6 Å². The number of nitrogens with zero attached hydrogens (tertiary/aromatic N) is 1. The van der Waals surface area contributed by atoms with Crippen molar-refractivity contribution in [2.24, 2.45) is 0 Å². The molecule has 1 aliphatic heterocycles. The van der Waals surface area contributed by atoms with E-state index in [0.717, 1.165) is 12.0 Å². The fourth-order valence-corrected chi connectivity index (χ4v) is 4.16. The van der Waals surface area contributed by atoms with E-state index < -0.39 is 12.0 Å². The molecule has 0 aromatic heterocycles. The molecule has 2 atom stereocenters. The second kappa shape index (κ2) is 10.2. The van der Waals surface area contributed by atoms with Gasteiger partial charge in [0.25, 0.3) is 0 Å². The summed E-state index contributed by atoms with van der Waals surface area (Å²) in [6.45, 7) is 1.94. The third kappa shape index (κ3) is 6.05. The molecule has 7 heteroatoms. The summed E-state index contributed by atoms with van der Waals surface area (Å²) in [5.41, 5.74) is 1.04. The number of aliphatic carboxylic acids is 1. The number of benzene rings is 1. The van der Waals surface area contributed by atoms with Crippen molar-refractivity contribution in [1.82, 2.24) is 10.2 Å². The van der Waals surface area contributed by atoms with Gasteiger partial charge in [0.2, 0.25) is 11.8 Å². The molecule has 0 radical (unpaired) electrons. The molecule has 1 heterocycles. The number of amides is 2. The highest BCUT2D eigenvalue weighted by atomic mass is 32.2. The minimum atomic E-state index is -0.881. The third-order valence-electron chi connectivity index (χ3n) is 4.35. The Kier molecular flexibility index (Phi) is 7.97. The van der Waals surface area contributed by atoms with E-state index in [9.17, 15) is 14.4 Å². The minimum absolute atomic E-state index is 0.00259. The number of carbonyl (C=O) groups excluding carboxylic acids is 2. The van der Waals surface area contributed by atoms with E-state index in [2.05, 4.69) is 5.32 Å². The smallest absolute Gasteiger partial charge is 0.303 e. The maximum Gasteiger partial charge on any atom is 0.303 e. The first-order valence-corrected chi connectivity index (χ1v) is 10.1. The molecule has 1 aromatic carbocycles. The van der Waals surface area contributed by atoms with Gasteiger partial charge in [-0.15, -0.1) is 11.8 Å². The minimum Gasteiger partial charge on any atom is -0.481 e. The Bertz CT molecular complexity index is 623. The van der Waals surface area contributed by atoms with Crippen molar-refractivity contribution in [1.29, 1.82) is 0 Å². The molecule has 1 saturated heterocycles. The van der Waals surface area contributed by atoms with Gasteiger partial charge >= 0.3 is 5.97 Å². The molecule has 0 bridgehead atoms. The van der Waals surface area contributed by atoms with Crippen LogP contribution >= 0.6 is 11.8 Å². The fourth-order valence-electron chi connectivity index (χ4n) is 2.98. The van der Waals surface area contributed by atoms with E-state index in [1.165, 1.54) is 0 Å². The van der Waals surface area contributed by atoms with Crippen LogP contribution in [-0.2, 0) is 20.8 Å². The topological polar surface area (TPSA) is 86.7 Å². The zero-order chi connectivity index (χ0) is 18.9. The van der Waals surface area contributed by atoms with Crippen LogP contribution in [0.25, 0.3) is 0 Å². The molecular weight excluding hydrogens is 352 g/mol. The summed E-state index contributed by atoms with van der Waals surface area (Å²) in [5, 5.41) is 12.0. The Morgan fingerprint density at radius 3 is 2.65 bits per heavy atom. The van der Waals surface area contributed by atoms with Crippen LogP contribution in [0.4, 0.5) is 0 Å². The maximum atomic E-state index is 12.7. The van der Waals surface area contributed by atoms with Gasteiger partial charge in [0.1, 0.15) is 6.04 Å². The van der Waals surface area contributed by atoms with Gasteiger partial charge in [-0.3, -0.25) is 14.4 Å². The summed E-state index contributed by atoms with van der Waals surface area (Å²) in [5.74, 6) is 0.0512. The largest absolute Gasteiger partial charge is 0.481 e. The Morgan fingerprint density at radius 2 is 2.00 bits per heavy atom. The van der Waals surface area contributed by atoms with E-state index in [1.54, 1.807) is 16.7 Å². The second-order valence-corrected chi connectivity index (χ2v) is 7.46. The molecule has 2 unspecified atom stereocenters. The maximum absolute atomic E-state index is 12.7. The van der Waals surface area contributed by atoms with Gasteiger partial charge in [-0.05, 0) is 24.8 Å². The number of hydrogen-bond donors (Lipinski definition) is 2. The van der Waals surface area contributed by atoms with Crippen molar-refractivity contribution in [3.05, 3.63) is 35.9 Å². The van der Waals surface area contributed by atoms with E-state index in [-0.39, 0.29) is 24.3 Å². The van der Waals surface area contributed by atoms with Crippen molar-refractivity contribution in [3.8, 4) is 0 Å². The van der Waals surface area contributed by atoms with Crippen molar-refractivity contribution >= 4 is 29.5 Å². The van der Waals surface area contributed by atoms with Crippen molar-refractivity contribution in [2.45, 2.75) is 51.1 Å². The standard InChI is InChI=1S/C19H26N2O4S/c1-2-6-17(22)21-13-26-12-16(21)19(25)20-15(9-10-18(23)24)11-14-7-4-3-5-8-14/h3-5,7-8,15-16H,2,6,9-13H2,1H3,(H,20,25)(H,23,24). The van der Waals surface area contributed by atoms with Gasteiger partial charge in [-0.25, -0.2) is 0 Å². The molecule has 0 saturated carbocycles. The third-order valence-corrected chi connectivity index (χ3v) is 5.36. The molecule has 2 amide bonds. The van der Waals surface area contributed by atoms with Crippen LogP contribution in [0.3, 0.4) is 0 Å². The molecular formula is C19H26N2O4S. The van der Waals surface area contributed by atoms with Crippen LogP contribution in [0.2, 0.25) is 0 Å². The zero-order valence-corrected chi connectivity index (χ0v) is 15.8. The highest BCUT2D eigenvalue weighted by Gasteiger charge is 2.34. The molecule has 1 aromatic rings. The Hall–Kier alpha value is -2.02. The first-order valence-electron chi connectivity index (χ1n) is 8.94. The van der Waals surface area contributed by atoms with Gasteiger partial charge in [0.05, 0.1) is 5.88 Å². The van der Waals surface area contributed by atoms with Crippen molar-refractivity contribution < 1.29 is 19.5 Å². The molecule has 2 N–H and O–H groups in total. The summed E-state index contributed by atoms with van der Waals surface area (Å²) in [6.07, 6.45) is 2.12. The number of nitrogens with one attached hydrogen (secondary N) is 1. The molecule has 1 aliphatic rings. The highest BCUT2D eigenvalue weighted by molar-refractivity contribution is 7.99. The molecule has 6 nitrogen and oxygen atoms in total. The van der Waals surface area contributed by atoms with Gasteiger partial charge in [0, 0.05) is 24.6 Å². The first-order chi connectivity index (χ1) is 12.5. The summed E-state index contributed by atoms with van der Waals surface area (Å²) >= 11 is 1.57. The van der Waals surface area contributed by atoms with Crippen LogP contribution in [0, 0.1) is 0 Å². The van der Waals surface area contributed by atoms with Crippen LogP contribution in [0.15, 0.2) is 30.3 Å². The van der Waals surface area contributed by atoms with Crippen LogP contribution < -0.4 is 5.32 Å². The monoisotopic (exact) mass is 378 g/mol. The number of thioether (sulfide) groups is 1. The number of carboxylic acid groups (broad SMARTS) is 1. The number of hydrogen-bond acceptors (Lipinski definition) is 4. The van der Waals surface area contributed by atoms with Gasteiger partial charge < -0.3 is 15.3 Å². The van der Waals surface area contributed by atoms with E-state index in [0.29, 0.717) is 30.9 Å². The average Bonchev–Trinajstić information content (AvgIpc) is 3.10. The first kappa shape index (κ1) is 20.3. The normalized spacial score (nSPS) is 17.7. The lowest BCUT2D eigenvalue weighted by molar-refractivity contribution is -0.138. The fraction of sp³-hybridized carbons (Fsp3) is 0.526. The Balaban J connectivity index is 2.02. The van der Waals surface area contributed by atoms with Crippen LogP contribution in [0.1, 0.15) is 38.2 Å².